The van der Waals surface area contributed by atoms with Crippen LogP contribution in [0.25, 0.3) is 16.6 Å². The molecule has 0 aliphatic heterocycles. The average Bonchev–Trinajstić information content (AvgIpc) is 3.58. The van der Waals surface area contributed by atoms with Gasteiger partial charge in [0.1, 0.15) is 11.5 Å². The maximum Gasteiger partial charge on any atom is 0.268 e. The number of ketones is 1. The fourth-order valence-corrected chi connectivity index (χ4v) is 7.31. The Kier molecular flexibility index (Phi) is 8.05. The number of sulfonamides is 1. The first kappa shape index (κ1) is 32.4. The van der Waals surface area contributed by atoms with Crippen molar-refractivity contribution in [3.8, 4) is 17.3 Å². The number of fused-ring (bicyclic) bond motifs is 1. The highest BCUT2D eigenvalue weighted by Crippen LogP contribution is 2.33. The van der Waals surface area contributed by atoms with Crippen LogP contribution in [0.15, 0.2) is 90.1 Å². The molecule has 6 rings (SSSR count). The number of pyridine rings is 1. The third kappa shape index (κ3) is 6.00. The molecule has 0 atom stereocenters. The van der Waals surface area contributed by atoms with Crippen LogP contribution < -0.4 is 15.2 Å². The lowest BCUT2D eigenvalue weighted by Gasteiger charge is -2.14. The van der Waals surface area contributed by atoms with E-state index in [4.69, 9.17) is 10.5 Å². The zero-order chi connectivity index (χ0) is 34.5. The lowest BCUT2D eigenvalue weighted by Crippen LogP contribution is -2.20. The number of nitrogens with zero attached hydrogens (tertiary/aromatic N) is 4. The molecule has 0 radical (unpaired) electrons. The quantitative estimate of drug-likeness (QED) is 0.186. The number of ether oxygens (including phenoxy) is 1. The van der Waals surface area contributed by atoms with Crippen LogP contribution >= 0.6 is 0 Å². The molecule has 0 spiro atoms. The van der Waals surface area contributed by atoms with Crippen molar-refractivity contribution in [1.82, 2.24) is 18.7 Å². The molecule has 6 aromatic rings. The molecular formula is C33H29FN6O6S2. The Labute approximate surface area is 275 Å². The summed E-state index contributed by atoms with van der Waals surface area (Å²) in [5.41, 5.74) is 8.68. The van der Waals surface area contributed by atoms with Gasteiger partial charge in [0.2, 0.25) is 21.7 Å². The van der Waals surface area contributed by atoms with Crippen molar-refractivity contribution in [2.45, 2.75) is 25.7 Å². The normalized spacial score (nSPS) is 11.9. The highest BCUT2D eigenvalue weighted by molar-refractivity contribution is 7.92. The van der Waals surface area contributed by atoms with Crippen molar-refractivity contribution in [2.75, 3.05) is 16.7 Å². The molecule has 15 heteroatoms. The molecule has 0 saturated heterocycles. The molecule has 0 bridgehead atoms. The minimum atomic E-state index is -4.39. The molecule has 3 N–H and O–H groups in total. The Morgan fingerprint density at radius 1 is 0.917 bits per heavy atom. The third-order valence-corrected chi connectivity index (χ3v) is 9.91. The highest BCUT2D eigenvalue weighted by atomic mass is 32.2. The Balaban J connectivity index is 1.45. The Morgan fingerprint density at radius 3 is 2.29 bits per heavy atom. The predicted octanol–water partition coefficient (Wildman–Crippen LogP) is 5.50. The summed E-state index contributed by atoms with van der Waals surface area (Å²) in [6.07, 6.45) is 3.61. The number of anilines is 2. The average molecular weight is 689 g/mol. The summed E-state index contributed by atoms with van der Waals surface area (Å²) < 4.78 is 76.8. The fourth-order valence-electron chi connectivity index (χ4n) is 5.19. The number of para-hydroxylation sites is 1. The van der Waals surface area contributed by atoms with E-state index in [1.54, 1.807) is 44.2 Å². The molecule has 0 aliphatic rings. The summed E-state index contributed by atoms with van der Waals surface area (Å²) >= 11 is 0. The van der Waals surface area contributed by atoms with Crippen molar-refractivity contribution in [3.05, 3.63) is 119 Å². The maximum atomic E-state index is 14.2. The van der Waals surface area contributed by atoms with Crippen LogP contribution in [0.2, 0.25) is 0 Å². The zero-order valence-electron chi connectivity index (χ0n) is 26.1. The molecule has 0 saturated carbocycles. The number of halogens is 1. The van der Waals surface area contributed by atoms with E-state index in [-0.39, 0.29) is 44.8 Å². The van der Waals surface area contributed by atoms with Gasteiger partial charge in [-0.2, -0.15) is 5.10 Å². The van der Waals surface area contributed by atoms with Gasteiger partial charge < -0.3 is 10.5 Å². The van der Waals surface area contributed by atoms with E-state index >= 15 is 0 Å². The standard InChI is InChI=1S/C33H29FN6O6S2/c1-19-9-11-23(12-10-19)48(44,45)40-27-16-26(38-47(4,42)43)20(2)13-22(27)15-28(40)32(41)24-17-37-39(33(24)35)29-18-36-31(14-21(29)3)46-30-8-6-5-7-25(30)34/h5-18,38H,35H2,1-4H3. The first-order valence-electron chi connectivity index (χ1n) is 14.4. The monoisotopic (exact) mass is 688 g/mol. The molecule has 3 heterocycles. The number of nitrogen functional groups attached to an aromatic ring is 1. The van der Waals surface area contributed by atoms with Crippen molar-refractivity contribution in [2.24, 2.45) is 0 Å². The number of hydrogen-bond donors (Lipinski definition) is 2. The van der Waals surface area contributed by atoms with Crippen LogP contribution in [0.4, 0.5) is 15.9 Å². The van der Waals surface area contributed by atoms with Gasteiger partial charge in [0.25, 0.3) is 10.0 Å². The van der Waals surface area contributed by atoms with Gasteiger partial charge in [-0.1, -0.05) is 29.8 Å². The topological polar surface area (TPSA) is 168 Å². The van der Waals surface area contributed by atoms with E-state index in [0.717, 1.165) is 15.8 Å². The molecule has 0 amide bonds. The minimum absolute atomic E-state index is 0.00553. The van der Waals surface area contributed by atoms with Crippen molar-refractivity contribution < 1.29 is 30.8 Å². The first-order valence-corrected chi connectivity index (χ1v) is 17.7. The van der Waals surface area contributed by atoms with Gasteiger partial charge >= 0.3 is 0 Å². The second kappa shape index (κ2) is 11.9. The van der Waals surface area contributed by atoms with Crippen molar-refractivity contribution >= 4 is 48.2 Å². The van der Waals surface area contributed by atoms with E-state index in [2.05, 4.69) is 14.8 Å². The molecule has 246 valence electrons. The Bertz CT molecular complexity index is 2470. The van der Waals surface area contributed by atoms with Gasteiger partial charge in [-0.3, -0.25) is 9.52 Å². The second-order valence-corrected chi connectivity index (χ2v) is 14.8. The van der Waals surface area contributed by atoms with Crippen LogP contribution in [0.3, 0.4) is 0 Å². The molecule has 3 aromatic carbocycles. The van der Waals surface area contributed by atoms with Gasteiger partial charge in [0.05, 0.1) is 46.0 Å². The van der Waals surface area contributed by atoms with E-state index < -0.39 is 31.6 Å². The Hall–Kier alpha value is -5.54. The van der Waals surface area contributed by atoms with Gasteiger partial charge in [0, 0.05) is 11.5 Å². The number of carbonyl (C=O) groups is 1. The summed E-state index contributed by atoms with van der Waals surface area (Å²) in [6.45, 7) is 5.19. The summed E-state index contributed by atoms with van der Waals surface area (Å²) in [4.78, 5) is 18.4. The first-order chi connectivity index (χ1) is 22.6. The third-order valence-electron chi connectivity index (χ3n) is 7.58. The molecule has 48 heavy (non-hydrogen) atoms. The lowest BCUT2D eigenvalue weighted by molar-refractivity contribution is 0.103. The molecule has 0 fully saturated rings. The van der Waals surface area contributed by atoms with Gasteiger partial charge in [-0.25, -0.2) is 34.9 Å². The van der Waals surface area contributed by atoms with Crippen LogP contribution in [-0.2, 0) is 20.0 Å². The summed E-state index contributed by atoms with van der Waals surface area (Å²) in [5.74, 6) is -1.28. The van der Waals surface area contributed by atoms with Crippen LogP contribution in [0.1, 0.15) is 32.7 Å². The molecule has 12 nitrogen and oxygen atoms in total. The smallest absolute Gasteiger partial charge is 0.268 e. The summed E-state index contributed by atoms with van der Waals surface area (Å²) in [5, 5.41) is 4.67. The van der Waals surface area contributed by atoms with Crippen LogP contribution in [-0.4, -0.2) is 47.6 Å². The van der Waals surface area contributed by atoms with Crippen LogP contribution in [0.5, 0.6) is 11.6 Å². The fraction of sp³-hybridized carbons (Fsp3) is 0.121. The van der Waals surface area contributed by atoms with Gasteiger partial charge in [-0.05, 0) is 74.4 Å². The lowest BCUT2D eigenvalue weighted by atomic mass is 10.1. The number of nitrogens with two attached hydrogens (primary N) is 1. The number of rotatable bonds is 9. The van der Waals surface area contributed by atoms with Crippen molar-refractivity contribution in [1.29, 1.82) is 0 Å². The largest absolute Gasteiger partial charge is 0.436 e. The van der Waals surface area contributed by atoms with Crippen LogP contribution in [0, 0.1) is 26.6 Å². The minimum Gasteiger partial charge on any atom is -0.436 e. The number of aryl methyl sites for hydroxylation is 3. The maximum absolute atomic E-state index is 14.2. The summed E-state index contributed by atoms with van der Waals surface area (Å²) in [7, 11) is -8.11. The SMILES string of the molecule is Cc1ccc(S(=O)(=O)n2c(C(=O)c3cnn(-c4cnc(Oc5ccccc5F)cc4C)c3N)cc3cc(C)c(NS(C)(=O)=O)cc32)cc1. The number of benzene rings is 3. The molecule has 3 aromatic heterocycles. The second-order valence-electron chi connectivity index (χ2n) is 11.2. The Morgan fingerprint density at radius 2 is 1.62 bits per heavy atom. The molecule has 0 aliphatic carbocycles. The molecule has 0 unspecified atom stereocenters. The highest BCUT2D eigenvalue weighted by Gasteiger charge is 2.30. The summed E-state index contributed by atoms with van der Waals surface area (Å²) in [6, 6.07) is 17.9. The zero-order valence-corrected chi connectivity index (χ0v) is 27.7. The number of aromatic nitrogens is 4. The van der Waals surface area contributed by atoms with E-state index in [1.165, 1.54) is 59.5 Å². The van der Waals surface area contributed by atoms with E-state index in [1.807, 2.05) is 6.92 Å². The van der Waals surface area contributed by atoms with E-state index in [0.29, 0.717) is 22.2 Å². The van der Waals surface area contributed by atoms with Gasteiger partial charge in [0.15, 0.2) is 11.6 Å². The van der Waals surface area contributed by atoms with E-state index in [9.17, 15) is 26.0 Å². The van der Waals surface area contributed by atoms with Gasteiger partial charge in [-0.15, -0.1) is 0 Å². The molecular weight excluding hydrogens is 660 g/mol. The van der Waals surface area contributed by atoms with Crippen molar-refractivity contribution in [3.63, 3.8) is 0 Å². The number of nitrogens with one attached hydrogen (secondary N) is 1. The number of carbonyl (C=O) groups excluding carboxylic acids is 1. The number of hydrogen-bond acceptors (Lipinski definition) is 9. The predicted molar refractivity (Wildman–Crippen MR) is 179 cm³/mol.